The van der Waals surface area contributed by atoms with Crippen LogP contribution in [-0.2, 0) is 14.3 Å². The molecule has 9 nitrogen and oxygen atoms in total. The number of aromatic amines is 1. The normalized spacial score (nSPS) is 16.1. The minimum atomic E-state index is -0.872. The molecule has 4 rings (SSSR count). The number of carbonyl (C=O) groups is 3. The van der Waals surface area contributed by atoms with Gasteiger partial charge in [0, 0.05) is 17.1 Å². The highest BCUT2D eigenvalue weighted by Gasteiger charge is 2.36. The second kappa shape index (κ2) is 8.39. The van der Waals surface area contributed by atoms with E-state index in [2.05, 4.69) is 15.6 Å². The van der Waals surface area contributed by atoms with Crippen LogP contribution in [0.2, 0.25) is 0 Å². The Bertz CT molecular complexity index is 1190. The molecular weight excluding hydrogens is 402 g/mol. The summed E-state index contributed by atoms with van der Waals surface area (Å²) in [5.41, 5.74) is 1.40. The van der Waals surface area contributed by atoms with Crippen molar-refractivity contribution in [3.63, 3.8) is 0 Å². The number of ether oxygens (including phenoxy) is 2. The number of hydrogen-bond donors (Lipinski definition) is 3. The Kier molecular flexibility index (Phi) is 5.48. The van der Waals surface area contributed by atoms with E-state index in [0.29, 0.717) is 22.5 Å². The second-order valence-corrected chi connectivity index (χ2v) is 6.92. The van der Waals surface area contributed by atoms with Crippen molar-refractivity contribution in [1.29, 1.82) is 0 Å². The smallest absolute Gasteiger partial charge is 0.340 e. The number of nitrogens with one attached hydrogen (secondary N) is 3. The van der Waals surface area contributed by atoms with E-state index in [-0.39, 0.29) is 24.5 Å². The molecule has 0 saturated carbocycles. The Morgan fingerprint density at radius 2 is 1.90 bits per heavy atom. The van der Waals surface area contributed by atoms with Gasteiger partial charge in [-0.3, -0.25) is 0 Å². The van der Waals surface area contributed by atoms with Crippen molar-refractivity contribution < 1.29 is 28.3 Å². The summed E-state index contributed by atoms with van der Waals surface area (Å²) in [5, 5.41) is 5.92. The van der Waals surface area contributed by atoms with Gasteiger partial charge in [0.25, 0.3) is 0 Å². The fraction of sp³-hybridized carbons (Fsp3) is 0.227. The van der Waals surface area contributed by atoms with Gasteiger partial charge in [-0.2, -0.15) is 0 Å². The molecule has 3 N–H and O–H groups in total. The SMILES string of the molecule is CCOC(=O)C1=C(COC(=O)c2c[nH]c3ccccc23)NC(=O)NC1c1ccc(C)o1. The van der Waals surface area contributed by atoms with Gasteiger partial charge in [-0.05, 0) is 32.0 Å². The van der Waals surface area contributed by atoms with E-state index in [9.17, 15) is 14.4 Å². The number of urea groups is 1. The first kappa shape index (κ1) is 20.3. The van der Waals surface area contributed by atoms with Crippen LogP contribution in [0.3, 0.4) is 0 Å². The highest BCUT2D eigenvalue weighted by molar-refractivity contribution is 6.04. The molecule has 1 aliphatic rings. The first-order chi connectivity index (χ1) is 15.0. The van der Waals surface area contributed by atoms with Crippen molar-refractivity contribution >= 4 is 28.9 Å². The molecule has 2 aromatic heterocycles. The Hall–Kier alpha value is -4.01. The Labute approximate surface area is 177 Å². The first-order valence-corrected chi connectivity index (χ1v) is 9.75. The topological polar surface area (TPSA) is 123 Å². The van der Waals surface area contributed by atoms with Crippen molar-refractivity contribution in [2.75, 3.05) is 13.2 Å². The summed E-state index contributed by atoms with van der Waals surface area (Å²) >= 11 is 0. The van der Waals surface area contributed by atoms with Gasteiger partial charge < -0.3 is 29.5 Å². The lowest BCUT2D eigenvalue weighted by molar-refractivity contribution is -0.139. The molecule has 3 heterocycles. The number of furan rings is 1. The maximum absolute atomic E-state index is 12.7. The predicted octanol–water partition coefficient (Wildman–Crippen LogP) is 3.10. The third-order valence-corrected chi connectivity index (χ3v) is 4.85. The van der Waals surface area contributed by atoms with Crippen LogP contribution in [0.25, 0.3) is 10.9 Å². The zero-order valence-electron chi connectivity index (χ0n) is 17.0. The minimum Gasteiger partial charge on any atom is -0.464 e. The third kappa shape index (κ3) is 4.02. The molecule has 0 aliphatic carbocycles. The van der Waals surface area contributed by atoms with Gasteiger partial charge in [-0.15, -0.1) is 0 Å². The van der Waals surface area contributed by atoms with Crippen LogP contribution in [0, 0.1) is 6.92 Å². The number of benzene rings is 1. The van der Waals surface area contributed by atoms with Gasteiger partial charge in [0.1, 0.15) is 24.2 Å². The van der Waals surface area contributed by atoms with E-state index in [4.69, 9.17) is 13.9 Å². The average Bonchev–Trinajstić information content (AvgIpc) is 3.38. The van der Waals surface area contributed by atoms with Crippen LogP contribution in [0.1, 0.15) is 34.8 Å². The standard InChI is InChI=1S/C22H21N3O6/c1-3-29-21(27)18-16(24-22(28)25-19(18)17-9-8-12(2)31-17)11-30-20(26)14-10-23-15-7-5-4-6-13(14)15/h4-10,19,23H,3,11H2,1-2H3,(H2,24,25,28). The number of rotatable bonds is 6. The summed E-state index contributed by atoms with van der Waals surface area (Å²) in [4.78, 5) is 40.6. The van der Waals surface area contributed by atoms with E-state index in [1.165, 1.54) is 0 Å². The zero-order chi connectivity index (χ0) is 22.0. The summed E-state index contributed by atoms with van der Waals surface area (Å²) in [6, 6.07) is 9.28. The quantitative estimate of drug-likeness (QED) is 0.524. The molecule has 1 unspecified atom stereocenters. The van der Waals surface area contributed by atoms with Gasteiger partial charge in [-0.1, -0.05) is 18.2 Å². The fourth-order valence-electron chi connectivity index (χ4n) is 3.46. The van der Waals surface area contributed by atoms with Crippen LogP contribution >= 0.6 is 0 Å². The number of fused-ring (bicyclic) bond motifs is 1. The van der Waals surface area contributed by atoms with Crippen LogP contribution in [0.4, 0.5) is 4.79 Å². The number of H-pyrrole nitrogens is 1. The molecule has 0 spiro atoms. The molecule has 0 bridgehead atoms. The lowest BCUT2D eigenvalue weighted by Crippen LogP contribution is -2.47. The molecule has 0 saturated heterocycles. The van der Waals surface area contributed by atoms with E-state index < -0.39 is 24.0 Å². The number of aromatic nitrogens is 1. The van der Waals surface area contributed by atoms with E-state index >= 15 is 0 Å². The van der Waals surface area contributed by atoms with Crippen LogP contribution in [0.5, 0.6) is 0 Å². The largest absolute Gasteiger partial charge is 0.464 e. The molecule has 0 fully saturated rings. The molecule has 31 heavy (non-hydrogen) atoms. The second-order valence-electron chi connectivity index (χ2n) is 6.92. The minimum absolute atomic E-state index is 0.113. The van der Waals surface area contributed by atoms with Crippen molar-refractivity contribution in [3.8, 4) is 0 Å². The molecule has 0 radical (unpaired) electrons. The predicted molar refractivity (Wildman–Crippen MR) is 110 cm³/mol. The van der Waals surface area contributed by atoms with Crippen molar-refractivity contribution in [1.82, 2.24) is 15.6 Å². The maximum atomic E-state index is 12.7. The summed E-state index contributed by atoms with van der Waals surface area (Å²) in [6.45, 7) is 3.25. The molecule has 160 valence electrons. The highest BCUT2D eigenvalue weighted by atomic mass is 16.5. The molecule has 3 aromatic rings. The number of hydrogen-bond acceptors (Lipinski definition) is 6. The molecule has 2 amide bonds. The molecule has 9 heteroatoms. The van der Waals surface area contributed by atoms with Crippen LogP contribution in [-0.4, -0.2) is 36.2 Å². The summed E-state index contributed by atoms with van der Waals surface area (Å²) < 4.78 is 16.2. The fourth-order valence-corrected chi connectivity index (χ4v) is 3.46. The van der Waals surface area contributed by atoms with Gasteiger partial charge >= 0.3 is 18.0 Å². The Morgan fingerprint density at radius 1 is 1.10 bits per heavy atom. The number of carbonyl (C=O) groups excluding carboxylic acids is 3. The van der Waals surface area contributed by atoms with E-state index in [1.54, 1.807) is 38.2 Å². The average molecular weight is 423 g/mol. The summed E-state index contributed by atoms with van der Waals surface area (Å²) in [7, 11) is 0. The Morgan fingerprint density at radius 3 is 2.65 bits per heavy atom. The molecule has 1 aliphatic heterocycles. The van der Waals surface area contributed by atoms with Crippen LogP contribution in [0.15, 0.2) is 58.3 Å². The van der Waals surface area contributed by atoms with Crippen LogP contribution < -0.4 is 10.6 Å². The zero-order valence-corrected chi connectivity index (χ0v) is 17.0. The van der Waals surface area contributed by atoms with Gasteiger partial charge in [0.15, 0.2) is 0 Å². The molecule has 1 aromatic carbocycles. The van der Waals surface area contributed by atoms with E-state index in [0.717, 1.165) is 5.52 Å². The maximum Gasteiger partial charge on any atom is 0.340 e. The lowest BCUT2D eigenvalue weighted by atomic mass is 10.0. The highest BCUT2D eigenvalue weighted by Crippen LogP contribution is 2.29. The summed E-state index contributed by atoms with van der Waals surface area (Å²) in [6.07, 6.45) is 1.56. The molecular formula is C22H21N3O6. The van der Waals surface area contributed by atoms with Gasteiger partial charge in [-0.25, -0.2) is 14.4 Å². The number of aryl methyl sites for hydroxylation is 1. The number of amides is 2. The van der Waals surface area contributed by atoms with Crippen molar-refractivity contribution in [3.05, 3.63) is 70.9 Å². The summed E-state index contributed by atoms with van der Waals surface area (Å²) in [5.74, 6) is -0.243. The Balaban J connectivity index is 1.64. The molecule has 1 atom stereocenters. The monoisotopic (exact) mass is 423 g/mol. The first-order valence-electron chi connectivity index (χ1n) is 9.75. The number of esters is 2. The van der Waals surface area contributed by atoms with Gasteiger partial charge in [0.2, 0.25) is 0 Å². The van der Waals surface area contributed by atoms with Gasteiger partial charge in [0.05, 0.1) is 23.4 Å². The third-order valence-electron chi connectivity index (χ3n) is 4.85. The van der Waals surface area contributed by atoms with Crippen molar-refractivity contribution in [2.45, 2.75) is 19.9 Å². The van der Waals surface area contributed by atoms with E-state index in [1.807, 2.05) is 18.2 Å². The number of para-hydroxylation sites is 1. The lowest BCUT2D eigenvalue weighted by Gasteiger charge is -2.27. The van der Waals surface area contributed by atoms with Crippen molar-refractivity contribution in [2.24, 2.45) is 0 Å².